The molecule has 6 nitrogen and oxygen atoms in total. The lowest BCUT2D eigenvalue weighted by molar-refractivity contribution is -0.122. The number of nitrogens with one attached hydrogen (secondary N) is 2. The van der Waals surface area contributed by atoms with Gasteiger partial charge in [-0.15, -0.1) is 0 Å². The Morgan fingerprint density at radius 1 is 1.38 bits per heavy atom. The van der Waals surface area contributed by atoms with Gasteiger partial charge in [0, 0.05) is 25.1 Å². The van der Waals surface area contributed by atoms with E-state index in [-0.39, 0.29) is 17.9 Å². The van der Waals surface area contributed by atoms with Crippen LogP contribution in [0.3, 0.4) is 0 Å². The van der Waals surface area contributed by atoms with Crippen LogP contribution in [0.1, 0.15) is 36.8 Å². The number of benzene rings is 1. The van der Waals surface area contributed by atoms with Gasteiger partial charge in [-0.25, -0.2) is 4.98 Å². The van der Waals surface area contributed by atoms with Crippen molar-refractivity contribution in [3.8, 4) is 11.4 Å². The molecule has 3 rings (SSSR count). The summed E-state index contributed by atoms with van der Waals surface area (Å²) in [5.74, 6) is 0.970. The normalized spacial score (nSPS) is 16.6. The summed E-state index contributed by atoms with van der Waals surface area (Å²) in [4.78, 5) is 28.7. The Morgan fingerprint density at radius 2 is 2.12 bits per heavy atom. The predicted octanol–water partition coefficient (Wildman–Crippen LogP) is 2.00. The molecule has 2 aromatic rings. The van der Waals surface area contributed by atoms with E-state index >= 15 is 0 Å². The van der Waals surface area contributed by atoms with Crippen molar-refractivity contribution in [1.82, 2.24) is 20.2 Å². The van der Waals surface area contributed by atoms with Crippen LogP contribution in [0.2, 0.25) is 0 Å². The fraction of sp³-hybridized carbons (Fsp3) is 0.389. The zero-order chi connectivity index (χ0) is 17.1. The molecule has 1 unspecified atom stereocenters. The Balaban J connectivity index is 1.87. The molecule has 24 heavy (non-hydrogen) atoms. The second-order valence-corrected chi connectivity index (χ2v) is 6.47. The number of nitrogens with zero attached hydrogens (tertiary/aromatic N) is 2. The van der Waals surface area contributed by atoms with E-state index in [0.29, 0.717) is 31.1 Å². The van der Waals surface area contributed by atoms with Crippen LogP contribution in [-0.4, -0.2) is 34.5 Å². The molecule has 1 atom stereocenters. The Kier molecular flexibility index (Phi) is 4.64. The lowest BCUT2D eigenvalue weighted by Crippen LogP contribution is -2.41. The molecule has 0 spiro atoms. The first kappa shape index (κ1) is 16.2. The standard InChI is InChI=1S/C18H22N4O2/c1-12(2)9-19-16(23)8-14-10-21-18(24)15-11-20-17(22(14)15)13-6-4-3-5-7-13/h3-7,11-12,14H,8-10H2,1-2H3,(H,19,23)(H,21,24). The van der Waals surface area contributed by atoms with E-state index in [1.54, 1.807) is 6.20 Å². The number of aromatic nitrogens is 2. The number of rotatable bonds is 5. The molecule has 1 aromatic carbocycles. The molecule has 0 bridgehead atoms. The van der Waals surface area contributed by atoms with Crippen molar-refractivity contribution in [1.29, 1.82) is 0 Å². The molecule has 0 saturated carbocycles. The molecule has 1 aliphatic rings. The van der Waals surface area contributed by atoms with Crippen molar-refractivity contribution in [3.05, 3.63) is 42.2 Å². The molecule has 126 valence electrons. The van der Waals surface area contributed by atoms with Gasteiger partial charge in [0.15, 0.2) is 0 Å². The second kappa shape index (κ2) is 6.86. The topological polar surface area (TPSA) is 76.0 Å². The van der Waals surface area contributed by atoms with E-state index in [9.17, 15) is 9.59 Å². The number of carbonyl (C=O) groups is 2. The number of amides is 2. The monoisotopic (exact) mass is 326 g/mol. The first-order valence-electron chi connectivity index (χ1n) is 8.23. The zero-order valence-corrected chi connectivity index (χ0v) is 14.0. The third kappa shape index (κ3) is 3.32. The predicted molar refractivity (Wildman–Crippen MR) is 91.5 cm³/mol. The maximum Gasteiger partial charge on any atom is 0.269 e. The summed E-state index contributed by atoms with van der Waals surface area (Å²) < 4.78 is 1.89. The number of hydrogen-bond donors (Lipinski definition) is 2. The Hall–Kier alpha value is -2.63. The number of hydrogen-bond acceptors (Lipinski definition) is 3. The highest BCUT2D eigenvalue weighted by Gasteiger charge is 2.30. The molecule has 1 aliphatic heterocycles. The molecule has 6 heteroatoms. The van der Waals surface area contributed by atoms with Gasteiger partial charge in [0.2, 0.25) is 5.91 Å². The Bertz CT molecular complexity index is 737. The first-order valence-corrected chi connectivity index (χ1v) is 8.23. The molecule has 2 amide bonds. The average molecular weight is 326 g/mol. The fourth-order valence-electron chi connectivity index (χ4n) is 2.86. The van der Waals surface area contributed by atoms with E-state index in [0.717, 1.165) is 11.4 Å². The van der Waals surface area contributed by atoms with Crippen molar-refractivity contribution in [3.63, 3.8) is 0 Å². The van der Waals surface area contributed by atoms with Crippen LogP contribution < -0.4 is 10.6 Å². The second-order valence-electron chi connectivity index (χ2n) is 6.47. The Morgan fingerprint density at radius 3 is 2.83 bits per heavy atom. The van der Waals surface area contributed by atoms with E-state index in [1.807, 2.05) is 34.9 Å². The quantitative estimate of drug-likeness (QED) is 0.882. The molecular weight excluding hydrogens is 304 g/mol. The highest BCUT2D eigenvalue weighted by Crippen LogP contribution is 2.27. The molecule has 0 saturated heterocycles. The van der Waals surface area contributed by atoms with Gasteiger partial charge in [0.05, 0.1) is 12.2 Å². The van der Waals surface area contributed by atoms with E-state index in [2.05, 4.69) is 29.5 Å². The molecule has 0 radical (unpaired) electrons. The minimum absolute atomic E-state index is 0.0106. The van der Waals surface area contributed by atoms with Crippen LogP contribution >= 0.6 is 0 Å². The van der Waals surface area contributed by atoms with Gasteiger partial charge < -0.3 is 15.2 Å². The molecule has 0 fully saturated rings. The summed E-state index contributed by atoms with van der Waals surface area (Å²) in [5, 5.41) is 5.78. The van der Waals surface area contributed by atoms with Crippen molar-refractivity contribution in [2.45, 2.75) is 26.3 Å². The van der Waals surface area contributed by atoms with Crippen LogP contribution in [0.4, 0.5) is 0 Å². The van der Waals surface area contributed by atoms with Crippen molar-refractivity contribution < 1.29 is 9.59 Å². The molecule has 1 aromatic heterocycles. The average Bonchev–Trinajstić information content (AvgIpc) is 3.02. The SMILES string of the molecule is CC(C)CNC(=O)CC1CNC(=O)c2cnc(-c3ccccc3)n21. The number of carbonyl (C=O) groups excluding carboxylic acids is 2. The van der Waals surface area contributed by atoms with Crippen LogP contribution in [0.25, 0.3) is 11.4 Å². The third-order valence-corrected chi connectivity index (χ3v) is 4.05. The summed E-state index contributed by atoms with van der Waals surface area (Å²) in [6.07, 6.45) is 1.89. The lowest BCUT2D eigenvalue weighted by atomic mass is 10.1. The summed E-state index contributed by atoms with van der Waals surface area (Å²) in [5.41, 5.74) is 1.44. The minimum atomic E-state index is -0.150. The van der Waals surface area contributed by atoms with Gasteiger partial charge in [0.25, 0.3) is 5.91 Å². The maximum atomic E-state index is 12.2. The van der Waals surface area contributed by atoms with Crippen molar-refractivity contribution in [2.24, 2.45) is 5.92 Å². The van der Waals surface area contributed by atoms with E-state index < -0.39 is 0 Å². The fourth-order valence-corrected chi connectivity index (χ4v) is 2.86. The van der Waals surface area contributed by atoms with Gasteiger partial charge in [-0.1, -0.05) is 44.2 Å². The third-order valence-electron chi connectivity index (χ3n) is 4.05. The van der Waals surface area contributed by atoms with Gasteiger partial charge in [-0.2, -0.15) is 0 Å². The maximum absolute atomic E-state index is 12.2. The van der Waals surface area contributed by atoms with Crippen LogP contribution in [0.15, 0.2) is 36.5 Å². The van der Waals surface area contributed by atoms with Gasteiger partial charge in [-0.05, 0) is 5.92 Å². The van der Waals surface area contributed by atoms with E-state index in [1.165, 1.54) is 0 Å². The number of imidazole rings is 1. The van der Waals surface area contributed by atoms with Crippen molar-refractivity contribution >= 4 is 11.8 Å². The molecule has 2 heterocycles. The van der Waals surface area contributed by atoms with Gasteiger partial charge >= 0.3 is 0 Å². The van der Waals surface area contributed by atoms with Crippen molar-refractivity contribution in [2.75, 3.05) is 13.1 Å². The van der Waals surface area contributed by atoms with E-state index in [4.69, 9.17) is 0 Å². The zero-order valence-electron chi connectivity index (χ0n) is 14.0. The highest BCUT2D eigenvalue weighted by atomic mass is 16.2. The largest absolute Gasteiger partial charge is 0.356 e. The van der Waals surface area contributed by atoms with Crippen LogP contribution in [0.5, 0.6) is 0 Å². The lowest BCUT2D eigenvalue weighted by Gasteiger charge is -2.27. The highest BCUT2D eigenvalue weighted by molar-refractivity contribution is 5.94. The Labute approximate surface area is 141 Å². The smallest absolute Gasteiger partial charge is 0.269 e. The molecular formula is C18H22N4O2. The van der Waals surface area contributed by atoms with Crippen LogP contribution in [0, 0.1) is 5.92 Å². The summed E-state index contributed by atoms with van der Waals surface area (Å²) >= 11 is 0. The minimum Gasteiger partial charge on any atom is -0.356 e. The van der Waals surface area contributed by atoms with Gasteiger partial charge in [-0.3, -0.25) is 9.59 Å². The van der Waals surface area contributed by atoms with Gasteiger partial charge in [0.1, 0.15) is 11.5 Å². The van der Waals surface area contributed by atoms with Crippen LogP contribution in [-0.2, 0) is 4.79 Å². The summed E-state index contributed by atoms with van der Waals surface area (Å²) in [7, 11) is 0. The summed E-state index contributed by atoms with van der Waals surface area (Å²) in [6.45, 7) is 5.20. The molecule has 2 N–H and O–H groups in total. The molecule has 0 aliphatic carbocycles. The summed E-state index contributed by atoms with van der Waals surface area (Å²) in [6, 6.07) is 9.58. The first-order chi connectivity index (χ1) is 11.6. The number of fused-ring (bicyclic) bond motifs is 1.